The highest BCUT2D eigenvalue weighted by molar-refractivity contribution is 7.19. The van der Waals surface area contributed by atoms with Crippen LogP contribution in [0, 0.1) is 0 Å². The topological polar surface area (TPSA) is 0 Å². The molecule has 0 spiro atoms. The quantitative estimate of drug-likeness (QED) is 0.484. The Morgan fingerprint density at radius 3 is 1.50 bits per heavy atom. The maximum Gasteiger partial charge on any atom is 0.150 e. The van der Waals surface area contributed by atoms with E-state index in [1.165, 1.54) is 12.1 Å². The molecule has 0 aliphatic heterocycles. The van der Waals surface area contributed by atoms with Crippen molar-refractivity contribution in [2.45, 2.75) is 63.6 Å². The molecule has 0 radical (unpaired) electrons. The van der Waals surface area contributed by atoms with Gasteiger partial charge in [0.15, 0.2) is 0 Å². The van der Waals surface area contributed by atoms with Crippen LogP contribution in [-0.4, -0.2) is 23.5 Å². The van der Waals surface area contributed by atoms with Crippen molar-refractivity contribution in [1.29, 1.82) is 0 Å². The van der Waals surface area contributed by atoms with Gasteiger partial charge in [0, 0.05) is 16.1 Å². The Hall–Kier alpha value is 0.941. The highest BCUT2D eigenvalue weighted by Crippen LogP contribution is 2.28. The summed E-state index contributed by atoms with van der Waals surface area (Å²) in [6, 6.07) is 2.76. The van der Waals surface area contributed by atoms with Crippen LogP contribution >= 0.6 is 11.1 Å². The molecule has 0 amide bonds. The lowest BCUT2D eigenvalue weighted by molar-refractivity contribution is 1.27. The predicted octanol–water partition coefficient (Wildman–Crippen LogP) is 5.02. The van der Waals surface area contributed by atoms with Crippen LogP contribution in [0.4, 0.5) is 0 Å². The van der Waals surface area contributed by atoms with Gasteiger partial charge in [0.1, 0.15) is 7.38 Å². The summed E-state index contributed by atoms with van der Waals surface area (Å²) in [7, 11) is -3.11. The van der Waals surface area contributed by atoms with E-state index >= 15 is 0 Å². The van der Waals surface area contributed by atoms with Crippen LogP contribution < -0.4 is 0 Å². The van der Waals surface area contributed by atoms with Crippen LogP contribution in [-0.2, 0) is 0 Å². The molecular weight excluding hydrogens is 240 g/mol. The van der Waals surface area contributed by atoms with Crippen molar-refractivity contribution >= 4 is 34.6 Å². The van der Waals surface area contributed by atoms with Crippen molar-refractivity contribution < 1.29 is 0 Å². The Kier molecular flexibility index (Phi) is 5.18. The number of hydrogen-bond acceptors (Lipinski definition) is 0. The van der Waals surface area contributed by atoms with E-state index in [4.69, 9.17) is 11.1 Å². The van der Waals surface area contributed by atoms with Gasteiger partial charge in [0.05, 0.1) is 0 Å². The molecule has 0 fully saturated rings. The Balaban J connectivity index is 4.09. The molecule has 0 saturated carbocycles. The van der Waals surface area contributed by atoms with E-state index in [-0.39, 0.29) is 0 Å². The van der Waals surface area contributed by atoms with Gasteiger partial charge in [-0.25, -0.2) is 0 Å². The van der Waals surface area contributed by atoms with Crippen molar-refractivity contribution in [2.24, 2.45) is 0 Å². The van der Waals surface area contributed by atoms with Gasteiger partial charge in [0.2, 0.25) is 0 Å². The fourth-order valence-corrected chi connectivity index (χ4v) is 20.3. The first-order chi connectivity index (χ1) is 5.91. The molecule has 0 saturated heterocycles. The van der Waals surface area contributed by atoms with Gasteiger partial charge in [-0.15, -0.1) is 0 Å². The second-order valence-electron chi connectivity index (χ2n) is 7.12. The van der Waals surface area contributed by atoms with Crippen molar-refractivity contribution in [3.8, 4) is 0 Å². The molecule has 14 heavy (non-hydrogen) atoms. The first kappa shape index (κ1) is 14.9. The lowest BCUT2D eigenvalue weighted by Crippen LogP contribution is -2.38. The first-order valence-electron chi connectivity index (χ1n) is 5.60. The number of hydrogen-bond donors (Lipinski definition) is 0. The van der Waals surface area contributed by atoms with E-state index < -0.39 is 23.5 Å². The molecule has 0 atom stereocenters. The third kappa shape index (κ3) is 9.49. The van der Waals surface area contributed by atoms with E-state index in [1.54, 1.807) is 5.67 Å². The summed E-state index contributed by atoms with van der Waals surface area (Å²) in [6.07, 6.45) is 0. The monoisotopic (exact) mass is 266 g/mol. The first-order valence-corrected chi connectivity index (χ1v) is 16.9. The highest BCUT2D eigenvalue weighted by atomic mass is 35.6. The lowest BCUT2D eigenvalue weighted by atomic mass is 10.9. The second-order valence-corrected chi connectivity index (χ2v) is 25.5. The van der Waals surface area contributed by atoms with Crippen LogP contribution in [0.15, 0.2) is 0 Å². The van der Waals surface area contributed by atoms with Crippen LogP contribution in [0.25, 0.3) is 0 Å². The van der Waals surface area contributed by atoms with Crippen LogP contribution in [0.3, 0.4) is 0 Å². The minimum Gasteiger partial charge on any atom is -0.168 e. The fourth-order valence-electron chi connectivity index (χ4n) is 2.16. The van der Waals surface area contributed by atoms with E-state index in [1.807, 2.05) is 0 Å². The van der Waals surface area contributed by atoms with E-state index in [9.17, 15) is 0 Å². The van der Waals surface area contributed by atoms with Gasteiger partial charge in [0.25, 0.3) is 0 Å². The third-order valence-electron chi connectivity index (χ3n) is 2.41. The van der Waals surface area contributed by atoms with Crippen molar-refractivity contribution in [1.82, 2.24) is 0 Å². The minimum atomic E-state index is -1.32. The Labute approximate surface area is 98.2 Å². The molecule has 0 aromatic carbocycles. The predicted molar refractivity (Wildman–Crippen MR) is 78.6 cm³/mol. The molecule has 0 bridgehead atoms. The summed E-state index contributed by atoms with van der Waals surface area (Å²) in [5, 5.41) is 0. The third-order valence-corrected chi connectivity index (χ3v) is 14.6. The molecule has 0 nitrogen and oxygen atoms in total. The van der Waals surface area contributed by atoms with E-state index in [0.29, 0.717) is 0 Å². The molecule has 0 N–H and O–H groups in total. The summed E-state index contributed by atoms with van der Waals surface area (Å²) in [6.45, 7) is 17.1. The Morgan fingerprint density at radius 2 is 1.21 bits per heavy atom. The summed E-state index contributed by atoms with van der Waals surface area (Å²) in [5.41, 5.74) is 1.56. The van der Waals surface area contributed by atoms with Crippen LogP contribution in [0.5, 0.6) is 0 Å². The maximum absolute atomic E-state index is 6.38. The summed E-state index contributed by atoms with van der Waals surface area (Å²) < 4.78 is 0. The minimum absolute atomic E-state index is 0.855. The lowest BCUT2D eigenvalue weighted by Gasteiger charge is -2.31. The standard InChI is InChI=1S/C10H27ClSi3/c1-12(2,3)10-13(4,5)8-9-14(6,7)11/h8-10H2,1-7H3. The Morgan fingerprint density at radius 1 is 0.786 bits per heavy atom. The molecule has 0 aromatic rings. The number of halogens is 1. The van der Waals surface area contributed by atoms with Gasteiger partial charge < -0.3 is 0 Å². The molecular formula is C10H27ClSi3. The van der Waals surface area contributed by atoms with Gasteiger partial charge in [-0.1, -0.05) is 57.5 Å². The van der Waals surface area contributed by atoms with Gasteiger partial charge in [-0.3, -0.25) is 0 Å². The zero-order valence-electron chi connectivity index (χ0n) is 11.0. The Bertz CT molecular complexity index is 177. The van der Waals surface area contributed by atoms with Crippen LogP contribution in [0.1, 0.15) is 0 Å². The zero-order valence-corrected chi connectivity index (χ0v) is 14.8. The van der Waals surface area contributed by atoms with Crippen molar-refractivity contribution in [2.75, 3.05) is 0 Å². The summed E-state index contributed by atoms with van der Waals surface area (Å²) in [5.74, 6) is 0. The highest BCUT2D eigenvalue weighted by Gasteiger charge is 2.30. The van der Waals surface area contributed by atoms with Crippen molar-refractivity contribution in [3.63, 3.8) is 0 Å². The number of rotatable bonds is 5. The molecule has 0 heterocycles. The summed E-state index contributed by atoms with van der Waals surface area (Å²) in [4.78, 5) is 0. The average molecular weight is 267 g/mol. The molecule has 0 aliphatic carbocycles. The van der Waals surface area contributed by atoms with E-state index in [0.717, 1.165) is 0 Å². The van der Waals surface area contributed by atoms with Crippen molar-refractivity contribution in [3.05, 3.63) is 0 Å². The SMILES string of the molecule is C[Si](C)(C)C[Si](C)(C)CC[Si](C)(C)Cl. The summed E-state index contributed by atoms with van der Waals surface area (Å²) >= 11 is 6.38. The molecule has 86 valence electrons. The second kappa shape index (κ2) is 4.85. The molecule has 0 aliphatic rings. The molecule has 0 unspecified atom stereocenters. The van der Waals surface area contributed by atoms with Crippen LogP contribution in [0.2, 0.25) is 63.6 Å². The van der Waals surface area contributed by atoms with E-state index in [2.05, 4.69) is 45.8 Å². The normalized spacial score (nSPS) is 14.6. The van der Waals surface area contributed by atoms with Gasteiger partial charge in [-0.05, 0) is 6.04 Å². The van der Waals surface area contributed by atoms with Gasteiger partial charge >= 0.3 is 0 Å². The zero-order chi connectivity index (χ0) is 11.6. The maximum atomic E-state index is 6.38. The molecule has 0 rings (SSSR count). The smallest absolute Gasteiger partial charge is 0.150 e. The fraction of sp³-hybridized carbons (Fsp3) is 1.00. The van der Waals surface area contributed by atoms with Gasteiger partial charge in [-0.2, -0.15) is 11.1 Å². The molecule has 4 heteroatoms. The average Bonchev–Trinajstić information content (AvgIpc) is 1.76. The largest absolute Gasteiger partial charge is 0.168 e. The molecule has 0 aromatic heterocycles.